The molecule has 0 aliphatic carbocycles. The van der Waals surface area contributed by atoms with E-state index in [-0.39, 0.29) is 0 Å². The molecule has 7 heteroatoms. The number of rotatable bonds is 3. The monoisotopic (exact) mass is 328 g/mol. The van der Waals surface area contributed by atoms with E-state index in [1.54, 1.807) is 59.7 Å². The van der Waals surface area contributed by atoms with Gasteiger partial charge in [0.25, 0.3) is 0 Å². The molecule has 0 fully saturated rings. The van der Waals surface area contributed by atoms with Gasteiger partial charge in [-0.1, -0.05) is 16.8 Å². The van der Waals surface area contributed by atoms with Crippen molar-refractivity contribution < 1.29 is 9.94 Å². The summed E-state index contributed by atoms with van der Waals surface area (Å²) in [5.41, 5.74) is 1.45. The first-order valence-corrected chi connectivity index (χ1v) is 7.16. The lowest BCUT2D eigenvalue weighted by Gasteiger charge is -2.07. The summed E-state index contributed by atoms with van der Waals surface area (Å²) in [6.07, 6.45) is 4.89. The highest BCUT2D eigenvalue weighted by molar-refractivity contribution is 6.30. The minimum atomic E-state index is 0.330. The van der Waals surface area contributed by atoms with Gasteiger partial charge >= 0.3 is 0 Å². The molecule has 0 amide bonds. The van der Waals surface area contributed by atoms with Crippen molar-refractivity contribution in [3.63, 3.8) is 0 Å². The smallest absolute Gasteiger partial charge is 0.219 e. The summed E-state index contributed by atoms with van der Waals surface area (Å²) in [5.74, 6) is 1.39. The molecule has 6 nitrogen and oxygen atoms in total. The molecule has 3 aromatic rings. The summed E-state index contributed by atoms with van der Waals surface area (Å²) < 4.78 is 7.24. The van der Waals surface area contributed by atoms with Crippen molar-refractivity contribution in [3.8, 4) is 11.6 Å². The molecular formula is C16H13ClN4O2. The van der Waals surface area contributed by atoms with Crippen LogP contribution in [-0.2, 0) is 0 Å². The minimum Gasteiger partial charge on any atom is -0.439 e. The Balaban J connectivity index is 1.80. The van der Waals surface area contributed by atoms with Gasteiger partial charge in [-0.2, -0.15) is 0 Å². The maximum atomic E-state index is 9.24. The second kappa shape index (κ2) is 6.50. The van der Waals surface area contributed by atoms with Crippen LogP contribution in [0.15, 0.2) is 60.3 Å². The zero-order valence-electron chi connectivity index (χ0n) is 12.2. The van der Waals surface area contributed by atoms with E-state index in [1.165, 1.54) is 0 Å². The van der Waals surface area contributed by atoms with E-state index in [4.69, 9.17) is 16.3 Å². The molecule has 2 heterocycles. The molecule has 0 aliphatic heterocycles. The van der Waals surface area contributed by atoms with E-state index in [2.05, 4.69) is 15.1 Å². The van der Waals surface area contributed by atoms with Crippen LogP contribution in [0.1, 0.15) is 11.3 Å². The number of hydrogen-bond donors (Lipinski definition) is 1. The Morgan fingerprint density at radius 2 is 1.96 bits per heavy atom. The SMILES string of the molecule is Cc1cn(/C(=N\O)c2ccc(Oc3ccc(Cl)cc3)nc2)cn1. The molecule has 116 valence electrons. The number of aryl methyl sites for hydroxylation is 1. The number of halogens is 1. The first kappa shape index (κ1) is 15.1. The molecule has 0 aliphatic rings. The topological polar surface area (TPSA) is 72.5 Å². The van der Waals surface area contributed by atoms with Crippen LogP contribution in [0.2, 0.25) is 5.02 Å². The molecule has 2 aromatic heterocycles. The van der Waals surface area contributed by atoms with Crippen LogP contribution < -0.4 is 4.74 Å². The number of hydrogen-bond acceptors (Lipinski definition) is 5. The van der Waals surface area contributed by atoms with Gasteiger partial charge < -0.3 is 9.94 Å². The first-order chi connectivity index (χ1) is 11.2. The Hall–Kier alpha value is -2.86. The van der Waals surface area contributed by atoms with E-state index in [0.29, 0.717) is 28.1 Å². The Kier molecular flexibility index (Phi) is 4.25. The summed E-state index contributed by atoms with van der Waals surface area (Å²) in [6, 6.07) is 10.4. The van der Waals surface area contributed by atoms with E-state index in [9.17, 15) is 5.21 Å². The molecule has 0 saturated carbocycles. The van der Waals surface area contributed by atoms with Crippen molar-refractivity contribution in [3.05, 3.63) is 71.4 Å². The van der Waals surface area contributed by atoms with Crippen LogP contribution in [0, 0.1) is 6.92 Å². The molecule has 0 spiro atoms. The number of benzene rings is 1. The minimum absolute atomic E-state index is 0.330. The Morgan fingerprint density at radius 1 is 1.17 bits per heavy atom. The van der Waals surface area contributed by atoms with Crippen LogP contribution >= 0.6 is 11.6 Å². The summed E-state index contributed by atoms with van der Waals surface area (Å²) in [5, 5.41) is 13.2. The Morgan fingerprint density at radius 3 is 2.52 bits per heavy atom. The molecule has 1 aromatic carbocycles. The number of oxime groups is 1. The van der Waals surface area contributed by atoms with Crippen molar-refractivity contribution in [1.82, 2.24) is 14.5 Å². The average Bonchev–Trinajstić information content (AvgIpc) is 2.98. The third-order valence-electron chi connectivity index (χ3n) is 3.08. The molecule has 0 bridgehead atoms. The van der Waals surface area contributed by atoms with Gasteiger partial charge in [0.1, 0.15) is 12.1 Å². The van der Waals surface area contributed by atoms with Crippen molar-refractivity contribution in [2.45, 2.75) is 6.92 Å². The third kappa shape index (κ3) is 3.49. The fourth-order valence-corrected chi connectivity index (χ4v) is 2.12. The first-order valence-electron chi connectivity index (χ1n) is 6.78. The summed E-state index contributed by atoms with van der Waals surface area (Å²) >= 11 is 5.83. The third-order valence-corrected chi connectivity index (χ3v) is 3.33. The van der Waals surface area contributed by atoms with Crippen molar-refractivity contribution in [2.75, 3.05) is 0 Å². The summed E-state index contributed by atoms with van der Waals surface area (Å²) in [6.45, 7) is 1.85. The number of nitrogens with zero attached hydrogens (tertiary/aromatic N) is 4. The summed E-state index contributed by atoms with van der Waals surface area (Å²) in [7, 11) is 0. The number of aromatic nitrogens is 3. The van der Waals surface area contributed by atoms with Gasteiger partial charge in [-0.15, -0.1) is 0 Å². The predicted octanol–water partition coefficient (Wildman–Crippen LogP) is 3.72. The van der Waals surface area contributed by atoms with Gasteiger partial charge in [0.15, 0.2) is 5.84 Å². The normalized spacial score (nSPS) is 11.5. The van der Waals surface area contributed by atoms with Crippen molar-refractivity contribution in [2.24, 2.45) is 5.16 Å². The molecule has 1 N–H and O–H groups in total. The van der Waals surface area contributed by atoms with Crippen LogP contribution in [-0.4, -0.2) is 25.6 Å². The van der Waals surface area contributed by atoms with E-state index in [0.717, 1.165) is 5.69 Å². The van der Waals surface area contributed by atoms with Crippen molar-refractivity contribution >= 4 is 17.4 Å². The number of ether oxygens (including phenoxy) is 1. The highest BCUT2D eigenvalue weighted by Gasteiger charge is 2.09. The van der Waals surface area contributed by atoms with Gasteiger partial charge in [0, 0.05) is 29.0 Å². The second-order valence-electron chi connectivity index (χ2n) is 4.79. The molecule has 3 rings (SSSR count). The molecule has 0 saturated heterocycles. The molecule has 0 radical (unpaired) electrons. The lowest BCUT2D eigenvalue weighted by Crippen LogP contribution is -2.12. The van der Waals surface area contributed by atoms with Crippen LogP contribution in [0.3, 0.4) is 0 Å². The van der Waals surface area contributed by atoms with Gasteiger partial charge in [-0.3, -0.25) is 4.57 Å². The highest BCUT2D eigenvalue weighted by Crippen LogP contribution is 2.21. The largest absolute Gasteiger partial charge is 0.439 e. The quantitative estimate of drug-likeness (QED) is 0.344. The van der Waals surface area contributed by atoms with E-state index < -0.39 is 0 Å². The average molecular weight is 329 g/mol. The number of pyridine rings is 1. The standard InChI is InChI=1S/C16H13ClN4O2/c1-11-9-21(10-19-11)16(20-22)12-2-7-15(18-8-12)23-14-5-3-13(17)4-6-14/h2-10,22H,1H3/b20-16-. The molecule has 0 unspecified atom stereocenters. The zero-order valence-corrected chi connectivity index (χ0v) is 13.0. The molecular weight excluding hydrogens is 316 g/mol. The maximum Gasteiger partial charge on any atom is 0.219 e. The van der Waals surface area contributed by atoms with E-state index >= 15 is 0 Å². The summed E-state index contributed by atoms with van der Waals surface area (Å²) in [4.78, 5) is 8.32. The lowest BCUT2D eigenvalue weighted by atomic mass is 10.2. The van der Waals surface area contributed by atoms with Gasteiger partial charge in [-0.25, -0.2) is 9.97 Å². The Labute approximate surface area is 137 Å². The molecule has 23 heavy (non-hydrogen) atoms. The second-order valence-corrected chi connectivity index (χ2v) is 5.22. The van der Waals surface area contributed by atoms with Crippen LogP contribution in [0.4, 0.5) is 0 Å². The van der Waals surface area contributed by atoms with E-state index in [1.807, 2.05) is 6.92 Å². The fraction of sp³-hybridized carbons (Fsp3) is 0.0625. The number of imidazole rings is 1. The van der Waals surface area contributed by atoms with Crippen LogP contribution in [0.5, 0.6) is 11.6 Å². The van der Waals surface area contributed by atoms with Gasteiger partial charge in [0.2, 0.25) is 5.88 Å². The maximum absolute atomic E-state index is 9.24. The zero-order chi connectivity index (χ0) is 16.2. The Bertz CT molecular complexity index is 826. The lowest BCUT2D eigenvalue weighted by molar-refractivity contribution is 0.317. The van der Waals surface area contributed by atoms with Crippen molar-refractivity contribution in [1.29, 1.82) is 0 Å². The highest BCUT2D eigenvalue weighted by atomic mass is 35.5. The van der Waals surface area contributed by atoms with Gasteiger partial charge in [-0.05, 0) is 37.3 Å². The fourth-order valence-electron chi connectivity index (χ4n) is 1.99. The predicted molar refractivity (Wildman–Crippen MR) is 86.4 cm³/mol. The molecule has 0 atom stereocenters. The van der Waals surface area contributed by atoms with Crippen LogP contribution in [0.25, 0.3) is 0 Å². The van der Waals surface area contributed by atoms with Gasteiger partial charge in [0.05, 0.1) is 5.69 Å².